The minimum absolute atomic E-state index is 0.143. The maximum atomic E-state index is 16.0. The number of nitrogens with zero attached hydrogens (tertiary/aromatic N) is 2. The van der Waals surface area contributed by atoms with Crippen LogP contribution in [0.2, 0.25) is 0 Å². The third-order valence-electron chi connectivity index (χ3n) is 8.03. The Kier molecular flexibility index (Phi) is 12.4. The van der Waals surface area contributed by atoms with E-state index < -0.39 is 94.1 Å². The van der Waals surface area contributed by atoms with Gasteiger partial charge in [0.2, 0.25) is 11.2 Å². The van der Waals surface area contributed by atoms with Gasteiger partial charge in [-0.05, 0) is 54.8 Å². The number of carbonyl (C=O) groups is 5. The van der Waals surface area contributed by atoms with E-state index in [1.54, 1.807) is 6.92 Å². The van der Waals surface area contributed by atoms with E-state index in [2.05, 4.69) is 10.3 Å². The lowest BCUT2D eigenvalue weighted by Crippen LogP contribution is -2.50. The molecule has 0 spiro atoms. The zero-order valence-corrected chi connectivity index (χ0v) is 29.0. The number of halogens is 5. The van der Waals surface area contributed by atoms with Gasteiger partial charge in [-0.2, -0.15) is 13.2 Å². The zero-order chi connectivity index (χ0) is 40.0. The van der Waals surface area contributed by atoms with Gasteiger partial charge in [0, 0.05) is 31.9 Å². The number of amides is 2. The fraction of sp³-hybridized carbons (Fsp3) is 0.243. The first kappa shape index (κ1) is 40.4. The van der Waals surface area contributed by atoms with E-state index in [-0.39, 0.29) is 16.7 Å². The Balaban J connectivity index is 1.67. The van der Waals surface area contributed by atoms with Gasteiger partial charge >= 0.3 is 24.3 Å². The van der Waals surface area contributed by atoms with Crippen LogP contribution < -0.4 is 10.1 Å². The molecular weight excluding hydrogens is 725 g/mol. The topological polar surface area (TPSA) is 161 Å². The highest BCUT2D eigenvalue weighted by Crippen LogP contribution is 2.35. The maximum Gasteiger partial charge on any atom is 0.514 e. The first-order valence-electron chi connectivity index (χ1n) is 15.9. The number of alkyl halides is 3. The largest absolute Gasteiger partial charge is 0.514 e. The summed E-state index contributed by atoms with van der Waals surface area (Å²) in [6.07, 6.45) is -5.81. The van der Waals surface area contributed by atoms with E-state index in [0.29, 0.717) is 12.5 Å². The van der Waals surface area contributed by atoms with Crippen molar-refractivity contribution in [3.8, 4) is 16.9 Å². The molecule has 0 aliphatic rings. The molecule has 284 valence electrons. The summed E-state index contributed by atoms with van der Waals surface area (Å²) in [5.41, 5.74) is -5.57. The first-order chi connectivity index (χ1) is 25.4. The van der Waals surface area contributed by atoms with Gasteiger partial charge in [0.05, 0.1) is 23.0 Å². The summed E-state index contributed by atoms with van der Waals surface area (Å²) < 4.78 is 85.8. The van der Waals surface area contributed by atoms with Crippen LogP contribution in [0.15, 0.2) is 79.0 Å². The summed E-state index contributed by atoms with van der Waals surface area (Å²) in [4.78, 5) is 70.0. The molecule has 0 aliphatic carbocycles. The number of benzene rings is 3. The molecule has 0 fully saturated rings. The molecule has 2 unspecified atom stereocenters. The third kappa shape index (κ3) is 8.62. The number of hydrogen-bond acceptors (Lipinski definition) is 9. The lowest BCUT2D eigenvalue weighted by molar-refractivity contribution is -0.167. The van der Waals surface area contributed by atoms with E-state index >= 15 is 8.78 Å². The quantitative estimate of drug-likeness (QED) is 0.0675. The smallest absolute Gasteiger partial charge is 0.480 e. The van der Waals surface area contributed by atoms with Crippen molar-refractivity contribution < 1.29 is 65.2 Å². The van der Waals surface area contributed by atoms with Crippen LogP contribution in [0.5, 0.6) is 5.75 Å². The Morgan fingerprint density at radius 1 is 0.944 bits per heavy atom. The number of carboxylic acid groups (broad SMARTS) is 1. The molecule has 12 nitrogen and oxygen atoms in total. The second-order valence-corrected chi connectivity index (χ2v) is 11.9. The Bertz CT molecular complexity index is 2060. The third-order valence-corrected chi connectivity index (χ3v) is 8.03. The lowest BCUT2D eigenvalue weighted by Gasteiger charge is -2.27. The first-order valence-corrected chi connectivity index (χ1v) is 15.9. The van der Waals surface area contributed by atoms with Crippen LogP contribution in [0.1, 0.15) is 52.2 Å². The zero-order valence-electron chi connectivity index (χ0n) is 29.0. The average Bonchev–Trinajstić information content (AvgIpc) is 3.13. The number of carbonyl (C=O) groups excluding carboxylic acids is 4. The highest BCUT2D eigenvalue weighted by Gasteiger charge is 2.53. The van der Waals surface area contributed by atoms with Crippen molar-refractivity contribution in [2.45, 2.75) is 38.0 Å². The molecule has 3 aromatic carbocycles. The second-order valence-electron chi connectivity index (χ2n) is 11.9. The average molecular weight is 758 g/mol. The Hall–Kier alpha value is -6.39. The molecule has 2 amide bonds. The molecule has 1 aromatic heterocycles. The molecular formula is C37H32F5N3O9. The molecule has 0 radical (unpaired) electrons. The molecule has 0 aliphatic heterocycles. The van der Waals surface area contributed by atoms with Crippen molar-refractivity contribution in [2.75, 3.05) is 26.0 Å². The van der Waals surface area contributed by atoms with Crippen LogP contribution >= 0.6 is 0 Å². The van der Waals surface area contributed by atoms with Crippen molar-refractivity contribution in [1.29, 1.82) is 0 Å². The van der Waals surface area contributed by atoms with Crippen LogP contribution in [-0.4, -0.2) is 71.7 Å². The number of carboxylic acids is 1. The number of ether oxygens (including phenoxy) is 3. The van der Waals surface area contributed by atoms with Gasteiger partial charge < -0.3 is 29.5 Å². The molecule has 1 heterocycles. The number of anilines is 1. The summed E-state index contributed by atoms with van der Waals surface area (Å²) in [5.74, 6) is -10.2. The summed E-state index contributed by atoms with van der Waals surface area (Å²) in [6, 6.07) is 13.9. The van der Waals surface area contributed by atoms with Crippen molar-refractivity contribution in [2.24, 2.45) is 0 Å². The van der Waals surface area contributed by atoms with E-state index in [1.165, 1.54) is 63.6 Å². The molecule has 0 saturated heterocycles. The molecule has 4 rings (SSSR count). The van der Waals surface area contributed by atoms with Gasteiger partial charge in [-0.3, -0.25) is 24.2 Å². The minimum atomic E-state index is -4.62. The molecule has 0 saturated carbocycles. The number of aliphatic carboxylic acids is 1. The Morgan fingerprint density at radius 3 is 2.17 bits per heavy atom. The highest BCUT2D eigenvalue weighted by molar-refractivity contribution is 6.12. The molecule has 0 bridgehead atoms. The maximum absolute atomic E-state index is 16.0. The summed E-state index contributed by atoms with van der Waals surface area (Å²) >= 11 is 0. The van der Waals surface area contributed by atoms with Crippen molar-refractivity contribution in [3.63, 3.8) is 0 Å². The number of aromatic nitrogens is 1. The van der Waals surface area contributed by atoms with Gasteiger partial charge in [-0.25, -0.2) is 13.6 Å². The van der Waals surface area contributed by atoms with Gasteiger partial charge in [0.15, 0.2) is 11.6 Å². The Labute approximate surface area is 304 Å². The van der Waals surface area contributed by atoms with Crippen LogP contribution in [-0.2, 0) is 30.7 Å². The molecule has 17 heteroatoms. The normalized spacial score (nSPS) is 12.8. The predicted molar refractivity (Wildman–Crippen MR) is 181 cm³/mol. The van der Waals surface area contributed by atoms with E-state index in [1.807, 2.05) is 0 Å². The van der Waals surface area contributed by atoms with E-state index in [0.717, 1.165) is 35.2 Å². The van der Waals surface area contributed by atoms with E-state index in [4.69, 9.17) is 14.2 Å². The fourth-order valence-electron chi connectivity index (χ4n) is 4.95. The monoisotopic (exact) mass is 757 g/mol. The fourth-order valence-corrected chi connectivity index (χ4v) is 4.95. The van der Waals surface area contributed by atoms with Crippen molar-refractivity contribution in [1.82, 2.24) is 9.88 Å². The standard InChI is InChI=1S/C37H32F5N3O9/c1-5-20(2)53-34(50)36(33(48)49,27-12-8-9-17-43-27)19-52-35(51)54-30-25(38)18-26(28(29(30)39)32(47)45(3)4)44-31(46)24-11-7-6-10-23(24)21-13-15-22(16-14-21)37(40,41)42/h6-18,20H,5,19H2,1-4H3,(H,44,46)(H,48,49). The molecule has 2 N–H and O–H groups in total. The van der Waals surface area contributed by atoms with Crippen LogP contribution in [0.3, 0.4) is 0 Å². The number of hydrogen-bond donors (Lipinski definition) is 2. The van der Waals surface area contributed by atoms with E-state index in [9.17, 15) is 42.3 Å². The molecule has 54 heavy (non-hydrogen) atoms. The summed E-state index contributed by atoms with van der Waals surface area (Å²) in [5, 5.41) is 12.4. The second kappa shape index (κ2) is 16.5. The summed E-state index contributed by atoms with van der Waals surface area (Å²) in [7, 11) is 2.40. The lowest BCUT2D eigenvalue weighted by atomic mass is 9.84. The number of esters is 1. The Morgan fingerprint density at radius 2 is 1.59 bits per heavy atom. The number of nitrogens with one attached hydrogen (secondary N) is 1. The van der Waals surface area contributed by atoms with Gasteiger partial charge in [0.25, 0.3) is 11.8 Å². The van der Waals surface area contributed by atoms with Crippen molar-refractivity contribution >= 4 is 35.6 Å². The van der Waals surface area contributed by atoms with Crippen molar-refractivity contribution in [3.05, 3.63) is 113 Å². The summed E-state index contributed by atoms with van der Waals surface area (Å²) in [6.45, 7) is 1.85. The minimum Gasteiger partial charge on any atom is -0.480 e. The van der Waals surface area contributed by atoms with Crippen LogP contribution in [0.25, 0.3) is 11.1 Å². The van der Waals surface area contributed by atoms with Gasteiger partial charge in [0.1, 0.15) is 12.2 Å². The van der Waals surface area contributed by atoms with Gasteiger partial charge in [-0.15, -0.1) is 0 Å². The molecule has 2 atom stereocenters. The molecule has 4 aromatic rings. The van der Waals surface area contributed by atoms with Crippen LogP contribution in [0, 0.1) is 11.6 Å². The number of pyridine rings is 1. The number of rotatable bonds is 12. The van der Waals surface area contributed by atoms with Crippen LogP contribution in [0.4, 0.5) is 32.4 Å². The SMILES string of the molecule is CCC(C)OC(=O)C(COC(=O)Oc1c(F)cc(NC(=O)c2ccccc2-c2ccc(C(F)(F)F)cc2)c(C(=O)N(C)C)c1F)(C(=O)O)c1ccccn1. The highest BCUT2D eigenvalue weighted by atomic mass is 19.4. The van der Waals surface area contributed by atoms with Gasteiger partial charge in [-0.1, -0.05) is 43.3 Å². The predicted octanol–water partition coefficient (Wildman–Crippen LogP) is 6.88.